The molecule has 10 heteroatoms. The molecule has 1 aromatic carbocycles. The van der Waals surface area contributed by atoms with Crippen molar-refractivity contribution in [2.45, 2.75) is 37.5 Å². The van der Waals surface area contributed by atoms with Crippen molar-refractivity contribution >= 4 is 15.8 Å². The maximum Gasteiger partial charge on any atom is 0.241 e. The molecule has 0 radical (unpaired) electrons. The van der Waals surface area contributed by atoms with Crippen molar-refractivity contribution in [1.82, 2.24) is 14.9 Å². The predicted molar refractivity (Wildman–Crippen MR) is 110 cm³/mol. The number of benzene rings is 1. The summed E-state index contributed by atoms with van der Waals surface area (Å²) < 4.78 is 38.5. The average molecular weight is 430 g/mol. The zero-order valence-electron chi connectivity index (χ0n) is 16.5. The number of aromatic nitrogens is 2. The van der Waals surface area contributed by atoms with Crippen molar-refractivity contribution in [3.8, 4) is 22.5 Å². The third-order valence-corrected chi connectivity index (χ3v) is 6.50. The summed E-state index contributed by atoms with van der Waals surface area (Å²) >= 11 is 0. The molecular formula is C20H22N4O5S. The number of nitrogen functional groups attached to an aromatic ring is 1. The van der Waals surface area contributed by atoms with Crippen LogP contribution in [0.5, 0.6) is 0 Å². The second-order valence-electron chi connectivity index (χ2n) is 7.24. The molecule has 158 valence electrons. The Hall–Kier alpha value is -2.79. The molecule has 1 saturated heterocycles. The van der Waals surface area contributed by atoms with Crippen molar-refractivity contribution in [3.05, 3.63) is 47.8 Å². The van der Waals surface area contributed by atoms with Gasteiger partial charge in [0.15, 0.2) is 12.1 Å². The van der Waals surface area contributed by atoms with Crippen LogP contribution < -0.4 is 10.5 Å². The molecular weight excluding hydrogens is 408 g/mol. The van der Waals surface area contributed by atoms with Gasteiger partial charge in [-0.3, -0.25) is 0 Å². The van der Waals surface area contributed by atoms with Crippen LogP contribution in [0, 0.1) is 13.8 Å². The Morgan fingerprint density at radius 1 is 1.20 bits per heavy atom. The van der Waals surface area contributed by atoms with Crippen LogP contribution in [0.2, 0.25) is 0 Å². The van der Waals surface area contributed by atoms with E-state index in [2.05, 4.69) is 14.9 Å². The summed E-state index contributed by atoms with van der Waals surface area (Å²) in [6.07, 6.45) is 0.836. The van der Waals surface area contributed by atoms with Crippen LogP contribution in [0.15, 0.2) is 45.9 Å². The van der Waals surface area contributed by atoms with Crippen molar-refractivity contribution in [2.75, 3.05) is 12.3 Å². The van der Waals surface area contributed by atoms with E-state index in [1.165, 1.54) is 6.07 Å². The molecule has 2 unspecified atom stereocenters. The van der Waals surface area contributed by atoms with Gasteiger partial charge in [0.1, 0.15) is 5.82 Å². The lowest BCUT2D eigenvalue weighted by Crippen LogP contribution is -2.40. The summed E-state index contributed by atoms with van der Waals surface area (Å²) in [6, 6.07) is 7.68. The highest BCUT2D eigenvalue weighted by molar-refractivity contribution is 7.89. The van der Waals surface area contributed by atoms with E-state index in [0.717, 1.165) is 5.56 Å². The fourth-order valence-corrected chi connectivity index (χ4v) is 4.64. The number of pyridine rings is 1. The molecule has 4 N–H and O–H groups in total. The minimum atomic E-state index is -3.85. The van der Waals surface area contributed by atoms with Crippen LogP contribution in [0.4, 0.5) is 5.82 Å². The molecule has 9 nitrogen and oxygen atoms in total. The molecule has 4 rings (SSSR count). The Labute approximate surface area is 173 Å². The second-order valence-corrected chi connectivity index (χ2v) is 8.96. The molecule has 1 aliphatic heterocycles. The van der Waals surface area contributed by atoms with E-state index in [1.807, 2.05) is 6.92 Å². The number of ether oxygens (including phenoxy) is 1. The number of nitrogens with zero attached hydrogens (tertiary/aromatic N) is 2. The number of rotatable bonds is 5. The Morgan fingerprint density at radius 2 is 2.00 bits per heavy atom. The van der Waals surface area contributed by atoms with Crippen LogP contribution in [0.3, 0.4) is 0 Å². The lowest BCUT2D eigenvalue weighted by Gasteiger charge is -2.16. The first-order valence-electron chi connectivity index (χ1n) is 9.37. The first-order valence-corrected chi connectivity index (χ1v) is 10.8. The fourth-order valence-electron chi connectivity index (χ4n) is 3.35. The van der Waals surface area contributed by atoms with Crippen LogP contribution in [-0.4, -0.2) is 42.6 Å². The number of sulfonamides is 1. The Balaban J connectivity index is 1.72. The van der Waals surface area contributed by atoms with E-state index in [9.17, 15) is 13.5 Å². The maximum atomic E-state index is 12.8. The molecule has 30 heavy (non-hydrogen) atoms. The second kappa shape index (κ2) is 7.80. The van der Waals surface area contributed by atoms with E-state index in [1.54, 1.807) is 37.4 Å². The highest BCUT2D eigenvalue weighted by Gasteiger charge is 2.31. The van der Waals surface area contributed by atoms with Gasteiger partial charge in [-0.15, -0.1) is 0 Å². The molecule has 0 amide bonds. The zero-order chi connectivity index (χ0) is 21.5. The van der Waals surface area contributed by atoms with Gasteiger partial charge in [-0.25, -0.2) is 18.1 Å². The molecule has 2 aromatic heterocycles. The largest absolute Gasteiger partial charge is 0.383 e. The zero-order valence-corrected chi connectivity index (χ0v) is 17.3. The van der Waals surface area contributed by atoms with Gasteiger partial charge in [0.25, 0.3) is 0 Å². The fraction of sp³-hybridized carbons (Fsp3) is 0.300. The number of aryl methyl sites for hydroxylation is 2. The van der Waals surface area contributed by atoms with Crippen molar-refractivity contribution in [1.29, 1.82) is 0 Å². The smallest absolute Gasteiger partial charge is 0.241 e. The van der Waals surface area contributed by atoms with E-state index < -0.39 is 22.4 Å². The topological polar surface area (TPSA) is 141 Å². The molecule has 0 aliphatic carbocycles. The number of hydrogen-bond donors (Lipinski definition) is 3. The number of hydrogen-bond acceptors (Lipinski definition) is 8. The summed E-state index contributed by atoms with van der Waals surface area (Å²) in [5.74, 6) is 0.769. The van der Waals surface area contributed by atoms with Gasteiger partial charge in [-0.1, -0.05) is 11.2 Å². The Morgan fingerprint density at radius 3 is 2.67 bits per heavy atom. The monoisotopic (exact) mass is 430 g/mol. The molecule has 2 atom stereocenters. The lowest BCUT2D eigenvalue weighted by molar-refractivity contribution is -0.0686. The predicted octanol–water partition coefficient (Wildman–Crippen LogP) is 1.99. The SMILES string of the molecule is Cc1cc(-c2cc(-c3cc(S(=O)(=O)NC4CCOC4O)ccc3C)cnc2N)on1. The van der Waals surface area contributed by atoms with Gasteiger partial charge in [-0.05, 0) is 49.6 Å². The first kappa shape index (κ1) is 20.5. The van der Waals surface area contributed by atoms with Crippen LogP contribution in [0.1, 0.15) is 17.7 Å². The highest BCUT2D eigenvalue weighted by atomic mass is 32.2. The molecule has 1 aliphatic rings. The van der Waals surface area contributed by atoms with Gasteiger partial charge in [0, 0.05) is 17.8 Å². The van der Waals surface area contributed by atoms with Gasteiger partial charge >= 0.3 is 0 Å². The molecule has 1 fully saturated rings. The molecule has 0 bridgehead atoms. The number of nitrogens with one attached hydrogen (secondary N) is 1. The lowest BCUT2D eigenvalue weighted by atomic mass is 10.00. The number of aliphatic hydroxyl groups excluding tert-OH is 1. The van der Waals surface area contributed by atoms with E-state index in [0.29, 0.717) is 41.2 Å². The van der Waals surface area contributed by atoms with E-state index in [4.69, 9.17) is 15.0 Å². The molecule has 0 spiro atoms. The van der Waals surface area contributed by atoms with Gasteiger partial charge in [-0.2, -0.15) is 0 Å². The summed E-state index contributed by atoms with van der Waals surface area (Å²) in [7, 11) is -3.85. The van der Waals surface area contributed by atoms with Crippen molar-refractivity contribution in [2.24, 2.45) is 0 Å². The number of nitrogens with two attached hydrogens (primary N) is 1. The van der Waals surface area contributed by atoms with Gasteiger partial charge in [0.2, 0.25) is 10.0 Å². The summed E-state index contributed by atoms with van der Waals surface area (Å²) in [5, 5.41) is 13.6. The van der Waals surface area contributed by atoms with E-state index >= 15 is 0 Å². The van der Waals surface area contributed by atoms with Crippen LogP contribution >= 0.6 is 0 Å². The normalized spacial score (nSPS) is 19.3. The van der Waals surface area contributed by atoms with Crippen LogP contribution in [0.25, 0.3) is 22.5 Å². The summed E-state index contributed by atoms with van der Waals surface area (Å²) in [6.45, 7) is 3.98. The average Bonchev–Trinajstić information content (AvgIpc) is 3.30. The van der Waals surface area contributed by atoms with E-state index in [-0.39, 0.29) is 10.7 Å². The third kappa shape index (κ3) is 3.94. The number of anilines is 1. The Kier molecular flexibility index (Phi) is 5.33. The molecule has 0 saturated carbocycles. The number of aliphatic hydroxyl groups is 1. The minimum Gasteiger partial charge on any atom is -0.383 e. The summed E-state index contributed by atoms with van der Waals surface area (Å²) in [5.41, 5.74) is 9.53. The standard InChI is InChI=1S/C20H22N4O5S/c1-11-3-4-14(30(26,27)24-17-5-6-28-20(17)25)9-15(11)13-8-16(19(21)22-10-13)18-7-12(2)23-29-18/h3-4,7-10,17,20,24-25H,5-6H2,1-2H3,(H2,21,22). The third-order valence-electron chi connectivity index (χ3n) is 5.01. The van der Waals surface area contributed by atoms with Crippen molar-refractivity contribution in [3.63, 3.8) is 0 Å². The minimum absolute atomic E-state index is 0.0797. The summed E-state index contributed by atoms with van der Waals surface area (Å²) in [4.78, 5) is 4.32. The Bertz CT molecular complexity index is 1190. The van der Waals surface area contributed by atoms with Gasteiger partial charge < -0.3 is 20.1 Å². The quantitative estimate of drug-likeness (QED) is 0.558. The first-order chi connectivity index (χ1) is 14.2. The highest BCUT2D eigenvalue weighted by Crippen LogP contribution is 2.32. The molecule has 3 heterocycles. The maximum absolute atomic E-state index is 12.8. The van der Waals surface area contributed by atoms with Crippen LogP contribution in [-0.2, 0) is 14.8 Å². The van der Waals surface area contributed by atoms with Crippen molar-refractivity contribution < 1.29 is 22.8 Å². The van der Waals surface area contributed by atoms with Gasteiger partial charge in [0.05, 0.1) is 28.8 Å². The molecule has 3 aromatic rings.